The Morgan fingerprint density at radius 1 is 0.681 bits per heavy atom. The van der Waals surface area contributed by atoms with Gasteiger partial charge in [-0.15, -0.1) is 0 Å². The minimum Gasteiger partial charge on any atom is -0.462 e. The summed E-state index contributed by atoms with van der Waals surface area (Å²) in [6.07, 6.45) is 16.1. The van der Waals surface area contributed by atoms with Crippen LogP contribution in [-0.4, -0.2) is 85.0 Å². The summed E-state index contributed by atoms with van der Waals surface area (Å²) in [6, 6.07) is 0. The first kappa shape index (κ1) is 43.5. The Morgan fingerprint density at radius 2 is 1.09 bits per heavy atom. The van der Waals surface area contributed by atoms with Gasteiger partial charge in [-0.25, -0.2) is 4.79 Å². The molecule has 0 aromatic rings. The first-order valence-electron chi connectivity index (χ1n) is 18.6. The lowest BCUT2D eigenvalue weighted by atomic mass is 9.96. The van der Waals surface area contributed by atoms with Crippen molar-refractivity contribution in [2.24, 2.45) is 0 Å². The van der Waals surface area contributed by atoms with E-state index < -0.39 is 54.3 Å². The third-order valence-corrected chi connectivity index (χ3v) is 9.13. The van der Waals surface area contributed by atoms with Crippen LogP contribution in [0.25, 0.3) is 0 Å². The molecule has 0 aliphatic carbocycles. The van der Waals surface area contributed by atoms with E-state index in [1.165, 1.54) is 64.9 Å². The number of ether oxygens (including phenoxy) is 2. The van der Waals surface area contributed by atoms with Gasteiger partial charge in [0.25, 0.3) is 0 Å². The number of unbranched alkanes of at least 4 members (excludes halogenated alkanes) is 12. The third-order valence-electron chi connectivity index (χ3n) is 9.13. The molecule has 276 valence electrons. The molecule has 1 heterocycles. The molecular weight excluding hydrogens is 604 g/mol. The van der Waals surface area contributed by atoms with Crippen molar-refractivity contribution in [3.63, 3.8) is 0 Å². The molecule has 0 bridgehead atoms. The molecule has 47 heavy (non-hydrogen) atoms. The number of aliphatic hydroxyl groups excluding tert-OH is 5. The molecule has 0 aromatic heterocycles. The second kappa shape index (κ2) is 25.4. The maximum absolute atomic E-state index is 11.9. The van der Waals surface area contributed by atoms with E-state index in [2.05, 4.69) is 6.92 Å². The molecule has 0 radical (unpaired) electrons. The van der Waals surface area contributed by atoms with Crippen LogP contribution >= 0.6 is 0 Å². The van der Waals surface area contributed by atoms with Gasteiger partial charge in [0, 0.05) is 25.8 Å². The second-order valence-corrected chi connectivity index (χ2v) is 13.9. The lowest BCUT2D eigenvalue weighted by Gasteiger charge is -2.22. The van der Waals surface area contributed by atoms with Crippen molar-refractivity contribution in [3.05, 3.63) is 11.6 Å². The van der Waals surface area contributed by atoms with E-state index in [4.69, 9.17) is 9.47 Å². The van der Waals surface area contributed by atoms with E-state index in [1.54, 1.807) is 0 Å². The van der Waals surface area contributed by atoms with Gasteiger partial charge >= 0.3 is 11.9 Å². The molecule has 0 spiro atoms. The van der Waals surface area contributed by atoms with Crippen LogP contribution in [0, 0.1) is 0 Å². The molecule has 10 heteroatoms. The zero-order valence-electron chi connectivity index (χ0n) is 29.6. The van der Waals surface area contributed by atoms with Crippen LogP contribution in [0.2, 0.25) is 0 Å². The average Bonchev–Trinajstić information content (AvgIpc) is 3.27. The Labute approximate surface area is 283 Å². The van der Waals surface area contributed by atoms with Gasteiger partial charge < -0.3 is 40.1 Å². The Morgan fingerprint density at radius 3 is 1.57 bits per heavy atom. The van der Waals surface area contributed by atoms with Crippen molar-refractivity contribution in [3.8, 4) is 0 Å². The van der Waals surface area contributed by atoms with Crippen molar-refractivity contribution < 1.29 is 49.7 Å². The lowest BCUT2D eigenvalue weighted by Crippen LogP contribution is -2.31. The van der Waals surface area contributed by atoms with Gasteiger partial charge in [0.05, 0.1) is 30.5 Å². The monoisotopic (exact) mass is 672 g/mol. The summed E-state index contributed by atoms with van der Waals surface area (Å²) in [5.41, 5.74) is 0.292. The van der Waals surface area contributed by atoms with E-state index in [0.717, 1.165) is 38.5 Å². The van der Waals surface area contributed by atoms with Crippen molar-refractivity contribution in [2.45, 2.75) is 211 Å². The second-order valence-electron chi connectivity index (χ2n) is 13.9. The van der Waals surface area contributed by atoms with Crippen LogP contribution in [0.3, 0.4) is 0 Å². The summed E-state index contributed by atoms with van der Waals surface area (Å²) in [7, 11) is 0. The number of esters is 2. The van der Waals surface area contributed by atoms with Crippen LogP contribution in [0.4, 0.5) is 0 Å². The highest BCUT2D eigenvalue weighted by atomic mass is 16.7. The number of hydrogen-bond acceptors (Lipinski definition) is 10. The van der Waals surface area contributed by atoms with E-state index in [1.807, 2.05) is 0 Å². The Kier molecular flexibility index (Phi) is 23.5. The summed E-state index contributed by atoms with van der Waals surface area (Å²) >= 11 is 0. The molecule has 10 nitrogen and oxygen atoms in total. The van der Waals surface area contributed by atoms with Crippen molar-refractivity contribution in [1.82, 2.24) is 0 Å². The van der Waals surface area contributed by atoms with Gasteiger partial charge in [0.2, 0.25) is 5.79 Å². The van der Waals surface area contributed by atoms with Gasteiger partial charge in [-0.05, 0) is 57.4 Å². The number of rotatable bonds is 30. The largest absolute Gasteiger partial charge is 0.462 e. The summed E-state index contributed by atoms with van der Waals surface area (Å²) < 4.78 is 10.2. The maximum atomic E-state index is 11.9. The predicted octanol–water partition coefficient (Wildman–Crippen LogP) is 5.91. The van der Waals surface area contributed by atoms with E-state index in [-0.39, 0.29) is 19.3 Å². The van der Waals surface area contributed by atoms with Crippen molar-refractivity contribution >= 4 is 11.9 Å². The first-order chi connectivity index (χ1) is 22.3. The van der Waals surface area contributed by atoms with E-state index >= 15 is 0 Å². The van der Waals surface area contributed by atoms with Crippen molar-refractivity contribution in [1.29, 1.82) is 0 Å². The smallest absolute Gasteiger partial charge is 0.336 e. The molecule has 0 saturated carbocycles. The standard InChI is InChI=1S/C37H68O10/c1-4-5-6-7-8-9-10-11-12-16-22-32(40)34(42)24-25-35(43)33(41)23-18-17-20-30(39)19-14-13-15-21-31(46-28(2)38)26-29-27-37(3,45)47-36(29)44/h27,30-35,39-43,45H,4-26H2,1-3H3/t30-,31-,32+,33-,34-,35+,37+/m1/s1. The Hall–Kier alpha value is -1.56. The average molecular weight is 673 g/mol. The minimum atomic E-state index is -1.64. The fourth-order valence-electron chi connectivity index (χ4n) is 6.25. The van der Waals surface area contributed by atoms with Gasteiger partial charge in [-0.3, -0.25) is 4.79 Å². The third kappa shape index (κ3) is 21.9. The first-order valence-corrected chi connectivity index (χ1v) is 18.6. The van der Waals surface area contributed by atoms with Crippen LogP contribution in [0.1, 0.15) is 168 Å². The topological polar surface area (TPSA) is 174 Å². The minimum absolute atomic E-state index is 0.180. The predicted molar refractivity (Wildman–Crippen MR) is 182 cm³/mol. The van der Waals surface area contributed by atoms with Gasteiger partial charge in [-0.2, -0.15) is 0 Å². The molecule has 0 fully saturated rings. The molecule has 0 unspecified atom stereocenters. The summed E-state index contributed by atoms with van der Waals surface area (Å²) in [4.78, 5) is 23.4. The summed E-state index contributed by atoms with van der Waals surface area (Å²) in [5.74, 6) is -2.69. The Bertz CT molecular complexity index is 860. The SMILES string of the molecule is CCCCCCCCCCCC[C@H](O)[C@H](O)CC[C@H](O)[C@H](O)CCCC[C@H](O)CCCCC[C@H](CC1=C[C@@](C)(O)OC1=O)OC(C)=O. The van der Waals surface area contributed by atoms with Crippen LogP contribution in [-0.2, 0) is 19.1 Å². The normalized spacial score (nSPS) is 20.3. The number of carbonyl (C=O) groups excluding carboxylic acids is 2. The zero-order chi connectivity index (χ0) is 35.1. The molecule has 0 saturated heterocycles. The van der Waals surface area contributed by atoms with E-state index in [9.17, 15) is 40.2 Å². The summed E-state index contributed by atoms with van der Waals surface area (Å²) in [6.45, 7) is 4.91. The Balaban J connectivity index is 2.10. The fourth-order valence-corrected chi connectivity index (χ4v) is 6.25. The van der Waals surface area contributed by atoms with Gasteiger partial charge in [0.1, 0.15) is 6.10 Å². The molecular formula is C37H68O10. The molecule has 0 amide bonds. The molecule has 1 aliphatic rings. The molecule has 7 atom stereocenters. The van der Waals surface area contributed by atoms with E-state index in [0.29, 0.717) is 50.5 Å². The van der Waals surface area contributed by atoms with Crippen molar-refractivity contribution in [2.75, 3.05) is 0 Å². The van der Waals surface area contributed by atoms with Crippen LogP contribution < -0.4 is 0 Å². The molecule has 6 N–H and O–H groups in total. The summed E-state index contributed by atoms with van der Waals surface area (Å²) in [5, 5.41) is 61.5. The quantitative estimate of drug-likeness (QED) is 0.0398. The highest BCUT2D eigenvalue weighted by Gasteiger charge is 2.35. The molecule has 1 aliphatic heterocycles. The maximum Gasteiger partial charge on any atom is 0.336 e. The number of hydrogen-bond donors (Lipinski definition) is 6. The molecule has 0 aromatic carbocycles. The highest BCUT2D eigenvalue weighted by Crippen LogP contribution is 2.27. The zero-order valence-corrected chi connectivity index (χ0v) is 29.6. The van der Waals surface area contributed by atoms with Crippen LogP contribution in [0.15, 0.2) is 11.6 Å². The van der Waals surface area contributed by atoms with Gasteiger partial charge in [0.15, 0.2) is 0 Å². The number of carbonyl (C=O) groups is 2. The van der Waals surface area contributed by atoms with Gasteiger partial charge in [-0.1, -0.05) is 96.8 Å². The fraction of sp³-hybridized carbons (Fsp3) is 0.892. The number of aliphatic hydroxyl groups is 6. The molecule has 1 rings (SSSR count). The highest BCUT2D eigenvalue weighted by molar-refractivity contribution is 5.91. The lowest BCUT2D eigenvalue weighted by molar-refractivity contribution is -0.173. The number of cyclic esters (lactones) is 1. The van der Waals surface area contributed by atoms with Crippen LogP contribution in [0.5, 0.6) is 0 Å².